The van der Waals surface area contributed by atoms with Crippen LogP contribution >= 0.6 is 0 Å². The molecule has 7 heterocycles. The van der Waals surface area contributed by atoms with Crippen molar-refractivity contribution in [3.05, 3.63) is 0 Å². The van der Waals surface area contributed by atoms with E-state index in [1.807, 2.05) is 0 Å². The van der Waals surface area contributed by atoms with Gasteiger partial charge < -0.3 is 128 Å². The maximum atomic E-state index is 12.7. The predicted octanol–water partition coefficient (Wildman–Crippen LogP) is -3.42. The van der Waals surface area contributed by atoms with Crippen molar-refractivity contribution in [2.75, 3.05) is 33.0 Å². The number of aliphatic hydroxyl groups is 14. The molecule has 0 aromatic heterocycles. The smallest absolute Gasteiger partial charge is 0.187 e. The van der Waals surface area contributed by atoms with Crippen LogP contribution < -0.4 is 0 Å². The van der Waals surface area contributed by atoms with Gasteiger partial charge in [-0.05, 0) is 111 Å². The summed E-state index contributed by atoms with van der Waals surface area (Å²) in [6.07, 6.45) is -33.0. The van der Waals surface area contributed by atoms with Gasteiger partial charge in [0, 0.05) is 12.3 Å². The SMILES string of the molecule is CC1CC[C@@]2(OC1)O[C@H]1C[C@H]3[C@@H]4CC[C@H]5C[C@@H](O[C@@H]6O[C@H](CO)[C@H](O[C@@H]7O[C@H](CO)[C@@H](O)[C@H](O[C@@H]8OC[C@@H](O)[C@H](O)[C@H]8O)[C@H]7O[C@@H]7O[C@H](CO)[C@H](O)[C@H](O)[C@H]7O)[C@H](O)[C@H]6O[C@@H]6O[C@@H](C)[C@H](O)[C@@H](O)[C@H]6O)CC[C@]5(C)[C@H]4CC[C@]3(C)[C@H]1[C@@H]2C. The fourth-order valence-corrected chi connectivity index (χ4v) is 17.3. The molecule has 0 aromatic rings. The highest BCUT2D eigenvalue weighted by Crippen LogP contribution is 2.71. The van der Waals surface area contributed by atoms with Crippen LogP contribution in [0.15, 0.2) is 0 Å². The molecular weight excluding hydrogens is 1090 g/mol. The molecule has 4 saturated carbocycles. The quantitative estimate of drug-likeness (QED) is 0.0799. The Hall–Kier alpha value is -1.04. The fraction of sp³-hybridized carbons (Fsp3) is 1.00. The molecular formula is C56H92O26. The Kier molecular flexibility index (Phi) is 18.6. The van der Waals surface area contributed by atoms with Gasteiger partial charge in [0.15, 0.2) is 37.2 Å². The molecule has 26 nitrogen and oxygen atoms in total. The first-order valence-corrected chi connectivity index (χ1v) is 30.1. The molecule has 0 bridgehead atoms. The average molecular weight is 1180 g/mol. The summed E-state index contributed by atoms with van der Waals surface area (Å²) < 4.78 is 75.0. The molecule has 14 N–H and O–H groups in total. The summed E-state index contributed by atoms with van der Waals surface area (Å²) >= 11 is 0. The van der Waals surface area contributed by atoms with Gasteiger partial charge in [0.25, 0.3) is 0 Å². The zero-order chi connectivity index (χ0) is 58.6. The number of aliphatic hydroxyl groups excluding tert-OH is 14. The van der Waals surface area contributed by atoms with Crippen molar-refractivity contribution in [3.8, 4) is 0 Å². The van der Waals surface area contributed by atoms with Crippen molar-refractivity contribution in [2.24, 2.45) is 52.3 Å². The zero-order valence-electron chi connectivity index (χ0n) is 47.3. The van der Waals surface area contributed by atoms with Gasteiger partial charge in [-0.2, -0.15) is 0 Å². The van der Waals surface area contributed by atoms with Crippen LogP contribution in [0.4, 0.5) is 0 Å². The highest BCUT2D eigenvalue weighted by molar-refractivity contribution is 5.16. The first-order chi connectivity index (χ1) is 39.0. The van der Waals surface area contributed by atoms with Crippen LogP contribution in [-0.2, 0) is 56.8 Å². The molecule has 82 heavy (non-hydrogen) atoms. The molecule has 7 aliphatic heterocycles. The Bertz CT molecular complexity index is 2130. The van der Waals surface area contributed by atoms with E-state index in [9.17, 15) is 71.5 Å². The highest BCUT2D eigenvalue weighted by Gasteiger charge is 2.70. The van der Waals surface area contributed by atoms with E-state index in [0.29, 0.717) is 48.3 Å². The topological polar surface area (TPSA) is 394 Å². The summed E-state index contributed by atoms with van der Waals surface area (Å²) in [5.74, 6) is 2.61. The van der Waals surface area contributed by atoms with Gasteiger partial charge >= 0.3 is 0 Å². The molecule has 0 radical (unpaired) electrons. The number of fused-ring (bicyclic) bond motifs is 7. The Morgan fingerprint density at radius 3 is 1.76 bits per heavy atom. The zero-order valence-corrected chi connectivity index (χ0v) is 47.3. The average Bonchev–Trinajstić information content (AvgIpc) is 3.85. The summed E-state index contributed by atoms with van der Waals surface area (Å²) in [5, 5.41) is 153. The Labute approximate surface area is 476 Å². The van der Waals surface area contributed by atoms with Gasteiger partial charge in [-0.1, -0.05) is 27.7 Å². The normalized spacial score (nSPS) is 57.9. The summed E-state index contributed by atoms with van der Waals surface area (Å²) in [6.45, 7) is 8.52. The molecule has 11 fully saturated rings. The van der Waals surface area contributed by atoms with E-state index in [1.54, 1.807) is 0 Å². The molecule has 4 aliphatic carbocycles. The van der Waals surface area contributed by atoms with Crippen LogP contribution in [0.1, 0.15) is 98.8 Å². The minimum Gasteiger partial charge on any atom is -0.394 e. The van der Waals surface area contributed by atoms with E-state index in [2.05, 4.69) is 27.7 Å². The first kappa shape index (κ1) is 62.6. The second-order valence-corrected chi connectivity index (χ2v) is 26.7. The Morgan fingerprint density at radius 2 is 1.06 bits per heavy atom. The van der Waals surface area contributed by atoms with Gasteiger partial charge in [0.1, 0.15) is 110 Å². The molecule has 11 aliphatic rings. The molecule has 0 amide bonds. The monoisotopic (exact) mass is 1180 g/mol. The van der Waals surface area contributed by atoms with Gasteiger partial charge in [-0.3, -0.25) is 0 Å². The summed E-state index contributed by atoms with van der Waals surface area (Å²) in [6, 6.07) is 0. The number of hydrogen-bond donors (Lipinski definition) is 14. The van der Waals surface area contributed by atoms with Crippen LogP contribution in [0.5, 0.6) is 0 Å². The third-order valence-electron chi connectivity index (χ3n) is 22.1. The van der Waals surface area contributed by atoms with Gasteiger partial charge in [0.2, 0.25) is 0 Å². The first-order valence-electron chi connectivity index (χ1n) is 30.1. The second kappa shape index (κ2) is 24.4. The van der Waals surface area contributed by atoms with Crippen molar-refractivity contribution in [3.63, 3.8) is 0 Å². The molecule has 7 saturated heterocycles. The fourth-order valence-electron chi connectivity index (χ4n) is 17.3. The van der Waals surface area contributed by atoms with Crippen LogP contribution in [0.25, 0.3) is 0 Å². The van der Waals surface area contributed by atoms with E-state index in [-0.39, 0.29) is 22.9 Å². The molecule has 26 heteroatoms. The van der Waals surface area contributed by atoms with Crippen LogP contribution in [0, 0.1) is 52.3 Å². The minimum atomic E-state index is -2.06. The molecule has 1 unspecified atom stereocenters. The lowest BCUT2D eigenvalue weighted by Gasteiger charge is -2.61. The maximum Gasteiger partial charge on any atom is 0.187 e. The molecule has 1 spiro atoms. The molecule has 11 rings (SSSR count). The van der Waals surface area contributed by atoms with Crippen LogP contribution in [0.3, 0.4) is 0 Å². The lowest BCUT2D eigenvalue weighted by molar-refractivity contribution is -0.411. The second-order valence-electron chi connectivity index (χ2n) is 26.7. The van der Waals surface area contributed by atoms with Crippen molar-refractivity contribution < 1.29 is 128 Å². The van der Waals surface area contributed by atoms with E-state index in [0.717, 1.165) is 58.0 Å². The van der Waals surface area contributed by atoms with E-state index >= 15 is 0 Å². The lowest BCUT2D eigenvalue weighted by Crippen LogP contribution is -2.69. The van der Waals surface area contributed by atoms with Crippen molar-refractivity contribution >= 4 is 0 Å². The van der Waals surface area contributed by atoms with Gasteiger partial charge in [0.05, 0.1) is 51.3 Å². The highest BCUT2D eigenvalue weighted by atomic mass is 16.8. The van der Waals surface area contributed by atoms with Gasteiger partial charge in [-0.25, -0.2) is 0 Å². The van der Waals surface area contributed by atoms with Crippen molar-refractivity contribution in [2.45, 2.75) is 264 Å². The predicted molar refractivity (Wildman–Crippen MR) is 273 cm³/mol. The van der Waals surface area contributed by atoms with Gasteiger partial charge in [-0.15, -0.1) is 0 Å². The summed E-state index contributed by atoms with van der Waals surface area (Å²) in [7, 11) is 0. The van der Waals surface area contributed by atoms with E-state index in [4.69, 9.17) is 56.8 Å². The Balaban J connectivity index is 0.838. The largest absolute Gasteiger partial charge is 0.394 e. The standard InChI is InChI=1S/C56H92O26/c1-21-8-13-56(72-19-21)22(2)34-30(82-56)15-28-26-7-6-24-14-25(9-11-54(24,4)27(26)10-12-55(28,34)5)74-52-47(80-50-42(68)39(65)35(61)23(3)73-50)44(70)45(33(18-59)77-52)78-53-48(81-51-43(69)40(66)37(63)31(16-57)75-51)46(38(64)32(17-58)76-53)79-49-41(67)36(62)29(60)20-71-49/h21-53,57-70H,6-20H2,1-5H3/t21?,22-,23-,24-,25-,26+,27-,28-,29+,30-,31+,32+,33+,34-,35-,36-,37-,38+,39+,40-,41+,42+,43+,44-,45-,46-,47+,48+,49-,50-,51-,52+,53-,54-,55-,56+/m0/s1. The van der Waals surface area contributed by atoms with Crippen molar-refractivity contribution in [1.82, 2.24) is 0 Å². The van der Waals surface area contributed by atoms with E-state index < -0.39 is 186 Å². The molecule has 472 valence electrons. The lowest BCUT2D eigenvalue weighted by atomic mass is 9.44. The minimum absolute atomic E-state index is 0.00125. The molecule has 36 atom stereocenters. The third kappa shape index (κ3) is 10.9. The van der Waals surface area contributed by atoms with Crippen LogP contribution in [0.2, 0.25) is 0 Å². The van der Waals surface area contributed by atoms with E-state index in [1.165, 1.54) is 6.92 Å². The number of hydrogen-bond acceptors (Lipinski definition) is 26. The Morgan fingerprint density at radius 1 is 0.463 bits per heavy atom. The van der Waals surface area contributed by atoms with Crippen LogP contribution in [-0.4, -0.2) is 270 Å². The molecule has 0 aromatic carbocycles. The summed E-state index contributed by atoms with van der Waals surface area (Å²) in [5.41, 5.74) is 0.145. The third-order valence-corrected chi connectivity index (χ3v) is 22.1. The summed E-state index contributed by atoms with van der Waals surface area (Å²) in [4.78, 5) is 0. The van der Waals surface area contributed by atoms with Crippen molar-refractivity contribution in [1.29, 1.82) is 0 Å². The number of rotatable bonds is 13. The maximum absolute atomic E-state index is 12.7. The number of ether oxygens (including phenoxy) is 12.